The lowest BCUT2D eigenvalue weighted by atomic mass is 10.0. The number of aliphatic hydroxyl groups excluding tert-OH is 3. The maximum atomic E-state index is 11.0. The first-order valence-corrected chi connectivity index (χ1v) is 3.81. The number of ketones is 1. The smallest absolute Gasteiger partial charge is 0.177 e. The number of carbonyl (C=O) groups is 1. The molecule has 0 heterocycles. The van der Waals surface area contributed by atoms with E-state index in [0.29, 0.717) is 0 Å². The highest BCUT2D eigenvalue weighted by Crippen LogP contribution is 2.04. The number of aliphatic hydroxyl groups is 3. The summed E-state index contributed by atoms with van der Waals surface area (Å²) in [4.78, 5) is 11.0. The van der Waals surface area contributed by atoms with Gasteiger partial charge in [0.1, 0.15) is 18.3 Å². The molecule has 0 saturated carbocycles. The van der Waals surface area contributed by atoms with E-state index >= 15 is 0 Å². The Morgan fingerprint density at radius 2 is 2.08 bits per heavy atom. The highest BCUT2D eigenvalue weighted by atomic mass is 16.5. The van der Waals surface area contributed by atoms with E-state index < -0.39 is 30.7 Å². The van der Waals surface area contributed by atoms with E-state index in [1.54, 1.807) is 0 Å². The van der Waals surface area contributed by atoms with Crippen LogP contribution in [0.3, 0.4) is 0 Å². The molecular weight excluding hydrogens is 178 g/mol. The molecular formula is C7H15NO5. The molecule has 0 radical (unpaired) electrons. The van der Waals surface area contributed by atoms with Gasteiger partial charge in [0.25, 0.3) is 0 Å². The van der Waals surface area contributed by atoms with Crippen LogP contribution in [0.1, 0.15) is 0 Å². The first-order chi connectivity index (χ1) is 6.08. The van der Waals surface area contributed by atoms with Crippen molar-refractivity contribution in [2.24, 2.45) is 5.73 Å². The summed E-state index contributed by atoms with van der Waals surface area (Å²) < 4.78 is 4.64. The molecule has 0 bridgehead atoms. The molecule has 0 aromatic heterocycles. The molecule has 78 valence electrons. The Bertz CT molecular complexity index is 163. The van der Waals surface area contributed by atoms with Gasteiger partial charge in [-0.1, -0.05) is 0 Å². The Labute approximate surface area is 75.9 Å². The SMILES string of the molecule is CO[C@@H](C(=O)CN)[C@H](O)[C@H](O)CO. The Hall–Kier alpha value is -0.530. The summed E-state index contributed by atoms with van der Waals surface area (Å²) in [6, 6.07) is 0. The Morgan fingerprint density at radius 1 is 1.54 bits per heavy atom. The van der Waals surface area contributed by atoms with Gasteiger partial charge in [-0.15, -0.1) is 0 Å². The number of carbonyl (C=O) groups excluding carboxylic acids is 1. The molecule has 0 fully saturated rings. The molecule has 0 unspecified atom stereocenters. The summed E-state index contributed by atoms with van der Waals surface area (Å²) in [6.45, 7) is -0.924. The Morgan fingerprint density at radius 3 is 2.38 bits per heavy atom. The minimum Gasteiger partial charge on any atom is -0.394 e. The van der Waals surface area contributed by atoms with Gasteiger partial charge in [-0.05, 0) is 0 Å². The van der Waals surface area contributed by atoms with Crippen LogP contribution in [0.25, 0.3) is 0 Å². The van der Waals surface area contributed by atoms with Crippen LogP contribution in [0, 0.1) is 0 Å². The topological polar surface area (TPSA) is 113 Å². The third-order valence-electron chi connectivity index (χ3n) is 1.66. The van der Waals surface area contributed by atoms with Crippen LogP contribution in [-0.4, -0.2) is 59.7 Å². The average molecular weight is 193 g/mol. The Kier molecular flexibility index (Phi) is 5.76. The second-order valence-electron chi connectivity index (χ2n) is 2.57. The lowest BCUT2D eigenvalue weighted by Gasteiger charge is -2.22. The van der Waals surface area contributed by atoms with Crippen molar-refractivity contribution in [1.29, 1.82) is 0 Å². The van der Waals surface area contributed by atoms with Crippen molar-refractivity contribution in [3.05, 3.63) is 0 Å². The van der Waals surface area contributed by atoms with E-state index in [2.05, 4.69) is 4.74 Å². The predicted octanol–water partition coefficient (Wildman–Crippen LogP) is -2.76. The molecule has 0 saturated heterocycles. The van der Waals surface area contributed by atoms with Gasteiger partial charge in [0.05, 0.1) is 13.2 Å². The number of nitrogens with two attached hydrogens (primary N) is 1. The number of methoxy groups -OCH3 is 1. The summed E-state index contributed by atoms with van der Waals surface area (Å²) in [5, 5.41) is 26.8. The largest absolute Gasteiger partial charge is 0.394 e. The Balaban J connectivity index is 4.30. The quantitative estimate of drug-likeness (QED) is 0.363. The van der Waals surface area contributed by atoms with Crippen LogP contribution in [0.2, 0.25) is 0 Å². The van der Waals surface area contributed by atoms with Gasteiger partial charge in [0.2, 0.25) is 0 Å². The van der Waals surface area contributed by atoms with E-state index in [0.717, 1.165) is 0 Å². The molecule has 0 aliphatic rings. The molecule has 0 amide bonds. The molecule has 5 N–H and O–H groups in total. The van der Waals surface area contributed by atoms with Gasteiger partial charge in [-0.25, -0.2) is 0 Å². The lowest BCUT2D eigenvalue weighted by Crippen LogP contribution is -2.46. The van der Waals surface area contributed by atoms with Crippen molar-refractivity contribution in [3.63, 3.8) is 0 Å². The first-order valence-electron chi connectivity index (χ1n) is 3.81. The van der Waals surface area contributed by atoms with Gasteiger partial charge in [-0.2, -0.15) is 0 Å². The number of hydrogen-bond donors (Lipinski definition) is 4. The zero-order chi connectivity index (χ0) is 10.4. The number of rotatable bonds is 6. The normalized spacial score (nSPS) is 17.9. The maximum absolute atomic E-state index is 11.0. The van der Waals surface area contributed by atoms with Gasteiger partial charge in [-0.3, -0.25) is 4.79 Å². The van der Waals surface area contributed by atoms with Crippen LogP contribution < -0.4 is 5.73 Å². The summed E-state index contributed by atoms with van der Waals surface area (Å²) in [5.41, 5.74) is 5.04. The minimum atomic E-state index is -1.45. The third-order valence-corrected chi connectivity index (χ3v) is 1.66. The van der Waals surface area contributed by atoms with Crippen molar-refractivity contribution < 1.29 is 24.9 Å². The fourth-order valence-corrected chi connectivity index (χ4v) is 0.887. The second-order valence-corrected chi connectivity index (χ2v) is 2.57. The number of ether oxygens (including phenoxy) is 1. The van der Waals surface area contributed by atoms with Crippen molar-refractivity contribution >= 4 is 5.78 Å². The van der Waals surface area contributed by atoms with Crippen LogP contribution in [0.15, 0.2) is 0 Å². The van der Waals surface area contributed by atoms with Crippen molar-refractivity contribution in [1.82, 2.24) is 0 Å². The molecule has 3 atom stereocenters. The van der Waals surface area contributed by atoms with E-state index in [4.69, 9.17) is 15.9 Å². The van der Waals surface area contributed by atoms with Gasteiger partial charge in [0, 0.05) is 7.11 Å². The predicted molar refractivity (Wildman–Crippen MR) is 44.0 cm³/mol. The highest BCUT2D eigenvalue weighted by Gasteiger charge is 2.30. The maximum Gasteiger partial charge on any atom is 0.177 e. The summed E-state index contributed by atoms with van der Waals surface area (Å²) in [5.74, 6) is -0.525. The van der Waals surface area contributed by atoms with Crippen LogP contribution in [0.5, 0.6) is 0 Å². The van der Waals surface area contributed by atoms with Gasteiger partial charge < -0.3 is 25.8 Å². The van der Waals surface area contributed by atoms with Crippen molar-refractivity contribution in [2.75, 3.05) is 20.3 Å². The molecule has 0 aromatic rings. The molecule has 0 aliphatic carbocycles. The van der Waals surface area contributed by atoms with E-state index in [-0.39, 0.29) is 6.54 Å². The molecule has 0 aromatic carbocycles. The zero-order valence-electron chi connectivity index (χ0n) is 7.38. The second kappa shape index (κ2) is 6.01. The number of hydrogen-bond acceptors (Lipinski definition) is 6. The molecule has 13 heavy (non-hydrogen) atoms. The summed E-state index contributed by atoms with van der Waals surface area (Å²) >= 11 is 0. The molecule has 0 spiro atoms. The van der Waals surface area contributed by atoms with Gasteiger partial charge in [0.15, 0.2) is 5.78 Å². The minimum absolute atomic E-state index is 0.284. The van der Waals surface area contributed by atoms with E-state index in [1.807, 2.05) is 0 Å². The highest BCUT2D eigenvalue weighted by molar-refractivity contribution is 5.85. The molecule has 6 heteroatoms. The molecule has 0 aliphatic heterocycles. The van der Waals surface area contributed by atoms with E-state index in [9.17, 15) is 9.90 Å². The molecule has 6 nitrogen and oxygen atoms in total. The third kappa shape index (κ3) is 3.37. The van der Waals surface area contributed by atoms with Crippen molar-refractivity contribution in [3.8, 4) is 0 Å². The number of Topliss-reactive ketones (excluding diaryl/α,β-unsaturated/α-hetero) is 1. The van der Waals surface area contributed by atoms with Gasteiger partial charge >= 0.3 is 0 Å². The fourth-order valence-electron chi connectivity index (χ4n) is 0.887. The van der Waals surface area contributed by atoms with E-state index in [1.165, 1.54) is 7.11 Å². The zero-order valence-corrected chi connectivity index (χ0v) is 7.38. The summed E-state index contributed by atoms with van der Waals surface area (Å²) in [7, 11) is 1.21. The molecule has 0 rings (SSSR count). The van der Waals surface area contributed by atoms with Crippen molar-refractivity contribution in [2.45, 2.75) is 18.3 Å². The summed E-state index contributed by atoms with van der Waals surface area (Å²) in [6.07, 6.45) is -4.04. The standard InChI is InChI=1S/C7H15NO5/c1-13-7(4(10)2-8)6(12)5(11)3-9/h5-7,9,11-12H,2-3,8H2,1H3/t5-,6-,7+/m1/s1. The first kappa shape index (κ1) is 12.5. The fraction of sp³-hybridized carbons (Fsp3) is 0.857. The van der Waals surface area contributed by atoms with Crippen LogP contribution in [-0.2, 0) is 9.53 Å². The van der Waals surface area contributed by atoms with Crippen LogP contribution in [0.4, 0.5) is 0 Å². The lowest BCUT2D eigenvalue weighted by molar-refractivity contribution is -0.142. The monoisotopic (exact) mass is 193 g/mol. The van der Waals surface area contributed by atoms with Crippen LogP contribution >= 0.6 is 0 Å². The average Bonchev–Trinajstić information content (AvgIpc) is 2.17.